The third-order valence-electron chi connectivity index (χ3n) is 11.3. The number of carbonyl (C=O) groups excluding carboxylic acids is 4. The van der Waals surface area contributed by atoms with Crippen LogP contribution in [-0.2, 0) is 49.8 Å². The highest BCUT2D eigenvalue weighted by Crippen LogP contribution is 2.42. The van der Waals surface area contributed by atoms with Gasteiger partial charge in [-0.3, -0.25) is 28.8 Å². The Hall–Kier alpha value is -6.57. The third kappa shape index (κ3) is 11.9. The first-order valence-corrected chi connectivity index (χ1v) is 22.6. The van der Waals surface area contributed by atoms with Crippen molar-refractivity contribution in [1.82, 2.24) is 45.6 Å². The van der Waals surface area contributed by atoms with Crippen molar-refractivity contribution in [3.8, 4) is 39.3 Å². The van der Waals surface area contributed by atoms with E-state index in [2.05, 4.69) is 30.9 Å². The topological polar surface area (TPSA) is 252 Å². The molecule has 0 unspecified atom stereocenters. The molecule has 0 spiro atoms. The number of phenols is 1. The van der Waals surface area contributed by atoms with E-state index in [0.717, 1.165) is 50.0 Å². The first-order chi connectivity index (χ1) is 32.4. The fraction of sp³-hybridized carbons (Fsp3) is 0.340. The van der Waals surface area contributed by atoms with Crippen molar-refractivity contribution in [1.29, 1.82) is 0 Å². The van der Waals surface area contributed by atoms with Crippen molar-refractivity contribution >= 4 is 63.6 Å². The van der Waals surface area contributed by atoms with Crippen LogP contribution >= 0.6 is 23.2 Å². The number of ether oxygens (including phenoxy) is 2. The molecule has 0 bridgehead atoms. The number of aromatic hydroxyl groups is 1. The lowest BCUT2D eigenvalue weighted by atomic mass is 9.92. The number of carbonyl (C=O) groups is 4. The van der Waals surface area contributed by atoms with Gasteiger partial charge >= 0.3 is 0 Å². The van der Waals surface area contributed by atoms with Gasteiger partial charge in [0, 0.05) is 109 Å². The number of aromatic nitrogens is 5. The first-order valence-electron chi connectivity index (χ1n) is 21.9. The number of pyridine rings is 2. The number of nitrogens with two attached hydrogens (primary N) is 1. The number of aromatic amines is 1. The number of aliphatic hydroxyl groups excluding tert-OH is 1. The number of rotatable bonds is 21. The summed E-state index contributed by atoms with van der Waals surface area (Å²) in [4.78, 5) is 63.5. The molecule has 6 aromatic rings. The Labute approximate surface area is 396 Å². The molecule has 0 radical (unpaired) electrons. The Balaban J connectivity index is 0.743. The molecule has 4 aromatic heterocycles. The molecular formula is C47H52Cl2N10O8. The maximum absolute atomic E-state index is 12.8. The minimum atomic E-state index is -0.560. The largest absolute Gasteiger partial charge is 0.508 e. The van der Waals surface area contributed by atoms with Crippen LogP contribution in [0.25, 0.3) is 44.4 Å². The molecule has 0 fully saturated rings. The lowest BCUT2D eigenvalue weighted by Crippen LogP contribution is -2.37. The monoisotopic (exact) mass is 954 g/mol. The van der Waals surface area contributed by atoms with E-state index >= 15 is 0 Å². The summed E-state index contributed by atoms with van der Waals surface area (Å²) >= 11 is 13.1. The van der Waals surface area contributed by atoms with E-state index < -0.39 is 6.61 Å². The highest BCUT2D eigenvalue weighted by Gasteiger charge is 2.27. The molecule has 352 valence electrons. The predicted molar refractivity (Wildman–Crippen MR) is 253 cm³/mol. The van der Waals surface area contributed by atoms with E-state index in [9.17, 15) is 29.4 Å². The van der Waals surface area contributed by atoms with Crippen LogP contribution in [0.15, 0.2) is 67.1 Å². The minimum Gasteiger partial charge on any atom is -0.508 e. The van der Waals surface area contributed by atoms with E-state index in [1.807, 2.05) is 19.2 Å². The number of anilines is 1. The van der Waals surface area contributed by atoms with Crippen LogP contribution in [0.1, 0.15) is 47.1 Å². The second-order valence-electron chi connectivity index (χ2n) is 15.7. The fourth-order valence-electron chi connectivity index (χ4n) is 7.91. The molecule has 18 nitrogen and oxygen atoms in total. The number of nitrogens with zero attached hydrogens (tertiary/aromatic N) is 5. The third-order valence-corrected chi connectivity index (χ3v) is 12.1. The maximum Gasteiger partial charge on any atom is 0.269 e. The van der Waals surface area contributed by atoms with Gasteiger partial charge in [0.1, 0.15) is 23.9 Å². The molecule has 0 atom stereocenters. The van der Waals surface area contributed by atoms with Gasteiger partial charge in [-0.25, -0.2) is 4.98 Å². The predicted octanol–water partition coefficient (Wildman–Crippen LogP) is 4.67. The molecule has 2 aromatic carbocycles. The minimum absolute atomic E-state index is 0.128. The zero-order valence-corrected chi connectivity index (χ0v) is 38.4. The van der Waals surface area contributed by atoms with Crippen molar-refractivity contribution < 1.29 is 38.9 Å². The van der Waals surface area contributed by atoms with E-state index in [-0.39, 0.29) is 87.4 Å². The van der Waals surface area contributed by atoms with Crippen LogP contribution < -0.4 is 21.7 Å². The molecule has 7 rings (SSSR count). The van der Waals surface area contributed by atoms with Gasteiger partial charge in [-0.1, -0.05) is 48.3 Å². The lowest BCUT2D eigenvalue weighted by Gasteiger charge is -2.26. The van der Waals surface area contributed by atoms with Crippen molar-refractivity contribution in [3.63, 3.8) is 0 Å². The highest BCUT2D eigenvalue weighted by molar-refractivity contribution is 6.45. The molecule has 0 saturated heterocycles. The number of benzene rings is 2. The van der Waals surface area contributed by atoms with Gasteiger partial charge in [-0.15, -0.1) is 0 Å². The number of halogens is 2. The molecule has 4 amide bonds. The number of H-pyrrole nitrogens is 1. The molecule has 67 heavy (non-hydrogen) atoms. The molecular weight excluding hydrogens is 903 g/mol. The SMILES string of the molecule is CCc1c(-c2ccc(C(=O)NCCNC(=O)CCOCCOCCC(=O)NCCn3ccc(-c4cc(Cl)c(Cl)c5[nH]c6c(c45)CN(C(=O)CO)CC6)n3)nc2)cnc(N)c1-c1ccc(O)cc1. The molecule has 0 saturated carbocycles. The number of nitrogens with one attached hydrogen (secondary N) is 4. The lowest BCUT2D eigenvalue weighted by molar-refractivity contribution is -0.135. The Kier molecular flexibility index (Phi) is 16.4. The van der Waals surface area contributed by atoms with Gasteiger partial charge in [-0.05, 0) is 47.9 Å². The van der Waals surface area contributed by atoms with Crippen molar-refractivity contribution in [2.24, 2.45) is 0 Å². The van der Waals surface area contributed by atoms with Crippen LogP contribution in [0, 0.1) is 0 Å². The number of hydrogen-bond acceptors (Lipinski definition) is 12. The van der Waals surface area contributed by atoms with Gasteiger partial charge in [0.25, 0.3) is 5.91 Å². The summed E-state index contributed by atoms with van der Waals surface area (Å²) in [6.45, 7) is 4.34. The van der Waals surface area contributed by atoms with Gasteiger partial charge < -0.3 is 51.3 Å². The molecule has 1 aliphatic heterocycles. The molecule has 5 heterocycles. The Morgan fingerprint density at radius 3 is 2.25 bits per heavy atom. The average molecular weight is 956 g/mol. The summed E-state index contributed by atoms with van der Waals surface area (Å²) in [6.07, 6.45) is 6.66. The normalized spacial score (nSPS) is 12.3. The van der Waals surface area contributed by atoms with Crippen molar-refractivity contribution in [3.05, 3.63) is 99.7 Å². The quantitative estimate of drug-likeness (QED) is 0.0487. The van der Waals surface area contributed by atoms with Crippen molar-refractivity contribution in [2.45, 2.75) is 45.7 Å². The molecule has 0 aliphatic carbocycles. The number of aliphatic hydroxyl groups is 1. The summed E-state index contributed by atoms with van der Waals surface area (Å²) in [5, 5.41) is 33.8. The number of hydrogen-bond donors (Lipinski definition) is 7. The number of fused-ring (bicyclic) bond motifs is 3. The zero-order chi connectivity index (χ0) is 47.5. The van der Waals surface area contributed by atoms with Gasteiger partial charge in [0.15, 0.2) is 0 Å². The second-order valence-corrected chi connectivity index (χ2v) is 16.4. The summed E-state index contributed by atoms with van der Waals surface area (Å²) < 4.78 is 12.7. The summed E-state index contributed by atoms with van der Waals surface area (Å²) in [5.41, 5.74) is 14.6. The summed E-state index contributed by atoms with van der Waals surface area (Å²) in [5.74, 6) is -0.597. The smallest absolute Gasteiger partial charge is 0.269 e. The van der Waals surface area contributed by atoms with Crippen molar-refractivity contribution in [2.75, 3.05) is 64.9 Å². The second kappa shape index (κ2) is 22.8. The van der Waals surface area contributed by atoms with Gasteiger partial charge in [0.05, 0.1) is 54.2 Å². The van der Waals surface area contributed by atoms with Gasteiger partial charge in [-0.2, -0.15) is 5.10 Å². The van der Waals surface area contributed by atoms with Crippen LogP contribution in [-0.4, -0.2) is 123 Å². The Morgan fingerprint density at radius 1 is 0.866 bits per heavy atom. The molecule has 1 aliphatic rings. The van der Waals surface area contributed by atoms with E-state index in [1.54, 1.807) is 64.4 Å². The highest BCUT2D eigenvalue weighted by atomic mass is 35.5. The Morgan fingerprint density at radius 2 is 1.57 bits per heavy atom. The number of phenolic OH excluding ortho intramolecular Hbond substituents is 1. The maximum atomic E-state index is 12.8. The van der Waals surface area contributed by atoms with Crippen LogP contribution in [0.5, 0.6) is 5.75 Å². The van der Waals surface area contributed by atoms with Crippen LogP contribution in [0.4, 0.5) is 5.82 Å². The molecule has 8 N–H and O–H groups in total. The summed E-state index contributed by atoms with van der Waals surface area (Å²) in [7, 11) is 0. The standard InChI is InChI=1S/C47H52Cl2N10O8/c1-2-31-33(25-55-46(50)42(31)28-3-6-30(61)7-4-28)29-5-8-38(54-24-29)47(65)53-14-13-51-39(62)11-19-66-21-22-67-20-12-40(63)52-15-18-59-17-10-37(57-59)32-23-35(48)44(49)45-43(32)34-26-58(41(64)27-60)16-9-36(34)56-45/h3-8,10,17,23-25,56,60-61H,2,9,11-16,18-22,26-27H2,1H3,(H2,50,55)(H,51,62)(H,52,63)(H,53,65). The van der Waals surface area contributed by atoms with Crippen LogP contribution in [0.3, 0.4) is 0 Å². The van der Waals surface area contributed by atoms with Gasteiger partial charge in [0.2, 0.25) is 17.7 Å². The summed E-state index contributed by atoms with van der Waals surface area (Å²) in [6, 6.07) is 13.8. The van der Waals surface area contributed by atoms with E-state index in [1.165, 1.54) is 0 Å². The number of nitrogen functional groups attached to an aromatic ring is 1. The van der Waals surface area contributed by atoms with Crippen LogP contribution in [0.2, 0.25) is 10.0 Å². The van der Waals surface area contributed by atoms with E-state index in [4.69, 9.17) is 43.5 Å². The first kappa shape index (κ1) is 48.4. The molecule has 20 heteroatoms. The van der Waals surface area contributed by atoms with E-state index in [0.29, 0.717) is 66.1 Å². The fourth-order valence-corrected chi connectivity index (χ4v) is 8.31. The zero-order valence-electron chi connectivity index (χ0n) is 36.9. The average Bonchev–Trinajstić information content (AvgIpc) is 3.97. The number of amides is 4. The Bertz CT molecular complexity index is 2730.